The Labute approximate surface area is 158 Å². The van der Waals surface area contributed by atoms with Gasteiger partial charge < -0.3 is 4.42 Å². The second kappa shape index (κ2) is 7.35. The molecule has 2 heterocycles. The smallest absolute Gasteiger partial charge is 0.205 e. The van der Waals surface area contributed by atoms with E-state index in [-0.39, 0.29) is 5.82 Å². The lowest BCUT2D eigenvalue weighted by Gasteiger charge is -2.10. The zero-order valence-electron chi connectivity index (χ0n) is 13.5. The fraction of sp³-hybridized carbons (Fsp3) is 0.0526. The van der Waals surface area contributed by atoms with Gasteiger partial charge in [0.15, 0.2) is 10.9 Å². The van der Waals surface area contributed by atoms with Crippen LogP contribution in [0.3, 0.4) is 0 Å². The van der Waals surface area contributed by atoms with Crippen LogP contribution in [0.1, 0.15) is 5.56 Å². The number of nitrogens with zero attached hydrogens (tertiary/aromatic N) is 3. The summed E-state index contributed by atoms with van der Waals surface area (Å²) in [4.78, 5) is 0. The predicted molar refractivity (Wildman–Crippen MR) is 100 cm³/mol. The topological polar surface area (TPSA) is 43.9 Å². The molecule has 2 aromatic carbocycles. The lowest BCUT2D eigenvalue weighted by molar-refractivity contribution is 0.572. The highest BCUT2D eigenvalue weighted by Crippen LogP contribution is 2.31. The molecule has 0 atom stereocenters. The molecule has 26 heavy (non-hydrogen) atoms. The van der Waals surface area contributed by atoms with Crippen LogP contribution in [-0.4, -0.2) is 14.8 Å². The summed E-state index contributed by atoms with van der Waals surface area (Å²) < 4.78 is 21.5. The van der Waals surface area contributed by atoms with Crippen molar-refractivity contribution < 1.29 is 8.81 Å². The van der Waals surface area contributed by atoms with Crippen molar-refractivity contribution in [3.63, 3.8) is 0 Å². The Kier molecular flexibility index (Phi) is 4.77. The largest absolute Gasteiger partial charge is 0.461 e. The quantitative estimate of drug-likeness (QED) is 0.419. The average molecular weight is 386 g/mol. The van der Waals surface area contributed by atoms with Gasteiger partial charge in [-0.15, -0.1) is 10.2 Å². The first-order chi connectivity index (χ1) is 12.7. The van der Waals surface area contributed by atoms with E-state index < -0.39 is 0 Å². The van der Waals surface area contributed by atoms with Crippen LogP contribution in [0, 0.1) is 5.82 Å². The summed E-state index contributed by atoms with van der Waals surface area (Å²) in [6.45, 7) is 0. The Bertz CT molecular complexity index is 1020. The van der Waals surface area contributed by atoms with Crippen LogP contribution in [0.5, 0.6) is 0 Å². The van der Waals surface area contributed by atoms with E-state index in [1.807, 2.05) is 24.3 Å². The third-order valence-electron chi connectivity index (χ3n) is 3.75. The first-order valence-corrected chi connectivity index (χ1v) is 9.20. The van der Waals surface area contributed by atoms with Gasteiger partial charge in [0.05, 0.1) is 12.0 Å². The van der Waals surface area contributed by atoms with Crippen LogP contribution in [0.4, 0.5) is 4.39 Å². The molecule has 0 spiro atoms. The van der Waals surface area contributed by atoms with E-state index in [1.54, 1.807) is 41.2 Å². The molecule has 0 saturated carbocycles. The van der Waals surface area contributed by atoms with Crippen LogP contribution in [0.2, 0.25) is 5.02 Å². The Morgan fingerprint density at radius 3 is 2.54 bits per heavy atom. The zero-order chi connectivity index (χ0) is 17.9. The Morgan fingerprint density at radius 1 is 1.00 bits per heavy atom. The molecule has 0 unspecified atom stereocenters. The maximum atomic E-state index is 14.4. The molecule has 0 aliphatic heterocycles. The van der Waals surface area contributed by atoms with Gasteiger partial charge in [0.2, 0.25) is 5.82 Å². The molecule has 2 aromatic heterocycles. The third-order valence-corrected chi connectivity index (χ3v) is 5.00. The second-order valence-corrected chi connectivity index (χ2v) is 6.86. The lowest BCUT2D eigenvalue weighted by atomic mass is 10.2. The van der Waals surface area contributed by atoms with E-state index in [2.05, 4.69) is 10.2 Å². The zero-order valence-corrected chi connectivity index (χ0v) is 15.0. The molecule has 0 radical (unpaired) electrons. The molecular formula is C19H13ClFN3OS. The van der Waals surface area contributed by atoms with Crippen molar-refractivity contribution >= 4 is 23.4 Å². The van der Waals surface area contributed by atoms with Crippen LogP contribution >= 0.6 is 23.4 Å². The van der Waals surface area contributed by atoms with E-state index in [1.165, 1.54) is 17.8 Å². The summed E-state index contributed by atoms with van der Waals surface area (Å²) in [5, 5.41) is 9.73. The summed E-state index contributed by atoms with van der Waals surface area (Å²) in [5.41, 5.74) is 1.46. The Balaban J connectivity index is 1.73. The monoisotopic (exact) mass is 385 g/mol. The van der Waals surface area contributed by atoms with Crippen molar-refractivity contribution in [3.05, 3.63) is 83.3 Å². The number of para-hydroxylation sites is 1. The number of hydrogen-bond donors (Lipinski definition) is 0. The van der Waals surface area contributed by atoms with E-state index in [0.29, 0.717) is 33.2 Å². The highest BCUT2D eigenvalue weighted by molar-refractivity contribution is 7.98. The van der Waals surface area contributed by atoms with E-state index in [0.717, 1.165) is 5.56 Å². The van der Waals surface area contributed by atoms with Crippen molar-refractivity contribution in [1.82, 2.24) is 14.8 Å². The summed E-state index contributed by atoms with van der Waals surface area (Å²) in [6, 6.07) is 17.6. The van der Waals surface area contributed by atoms with E-state index in [9.17, 15) is 4.39 Å². The second-order valence-electron chi connectivity index (χ2n) is 5.49. The van der Waals surface area contributed by atoms with Gasteiger partial charge in [-0.1, -0.05) is 47.6 Å². The van der Waals surface area contributed by atoms with Crippen molar-refractivity contribution in [2.45, 2.75) is 10.9 Å². The predicted octanol–water partition coefficient (Wildman–Crippen LogP) is 5.61. The minimum absolute atomic E-state index is 0.353. The number of rotatable bonds is 5. The van der Waals surface area contributed by atoms with Gasteiger partial charge in [-0.05, 0) is 42.0 Å². The maximum absolute atomic E-state index is 14.4. The fourth-order valence-corrected chi connectivity index (χ4v) is 3.53. The average Bonchev–Trinajstić information content (AvgIpc) is 3.31. The number of furan rings is 1. The standard InChI is InChI=1S/C19H13ClFN3OS/c20-14-9-7-13(8-10-14)12-26-19-23-22-18(17-6-3-11-25-17)24(19)16-5-2-1-4-15(16)21/h1-11H,12H2. The SMILES string of the molecule is Fc1ccccc1-n1c(SCc2ccc(Cl)cc2)nnc1-c1ccco1. The lowest BCUT2D eigenvalue weighted by Crippen LogP contribution is -2.02. The molecular weight excluding hydrogens is 373 g/mol. The van der Waals surface area contributed by atoms with Crippen LogP contribution in [0.15, 0.2) is 76.5 Å². The van der Waals surface area contributed by atoms with Gasteiger partial charge in [-0.25, -0.2) is 4.39 Å². The number of benzene rings is 2. The molecule has 0 amide bonds. The molecule has 0 aliphatic rings. The van der Waals surface area contributed by atoms with Gasteiger partial charge >= 0.3 is 0 Å². The summed E-state index contributed by atoms with van der Waals surface area (Å²) in [7, 11) is 0. The third kappa shape index (κ3) is 3.38. The molecule has 7 heteroatoms. The minimum Gasteiger partial charge on any atom is -0.461 e. The summed E-state index contributed by atoms with van der Waals surface area (Å²) in [5.74, 6) is 1.29. The highest BCUT2D eigenvalue weighted by atomic mass is 35.5. The molecule has 0 N–H and O–H groups in total. The summed E-state index contributed by atoms with van der Waals surface area (Å²) >= 11 is 7.39. The van der Waals surface area contributed by atoms with Crippen LogP contribution in [-0.2, 0) is 5.75 Å². The van der Waals surface area contributed by atoms with Crippen LogP contribution in [0.25, 0.3) is 17.3 Å². The fourth-order valence-electron chi connectivity index (χ4n) is 2.51. The molecule has 4 nitrogen and oxygen atoms in total. The number of hydrogen-bond acceptors (Lipinski definition) is 4. The van der Waals surface area contributed by atoms with Crippen molar-refractivity contribution in [1.29, 1.82) is 0 Å². The molecule has 0 aliphatic carbocycles. The van der Waals surface area contributed by atoms with Crippen molar-refractivity contribution in [2.75, 3.05) is 0 Å². The number of thioether (sulfide) groups is 1. The first-order valence-electron chi connectivity index (χ1n) is 7.84. The molecule has 4 aromatic rings. The van der Waals surface area contributed by atoms with Gasteiger partial charge in [0.25, 0.3) is 0 Å². The molecule has 0 bridgehead atoms. The summed E-state index contributed by atoms with van der Waals surface area (Å²) in [6.07, 6.45) is 1.55. The minimum atomic E-state index is -0.353. The molecule has 0 saturated heterocycles. The maximum Gasteiger partial charge on any atom is 0.205 e. The highest BCUT2D eigenvalue weighted by Gasteiger charge is 2.20. The first kappa shape index (κ1) is 16.9. The van der Waals surface area contributed by atoms with Crippen molar-refractivity contribution in [2.24, 2.45) is 0 Å². The van der Waals surface area contributed by atoms with E-state index in [4.69, 9.17) is 16.0 Å². The van der Waals surface area contributed by atoms with Gasteiger partial charge in [0.1, 0.15) is 5.82 Å². The molecule has 130 valence electrons. The molecule has 0 fully saturated rings. The van der Waals surface area contributed by atoms with Gasteiger partial charge in [0, 0.05) is 10.8 Å². The Hall–Kier alpha value is -2.57. The van der Waals surface area contributed by atoms with Gasteiger partial charge in [-0.2, -0.15) is 0 Å². The van der Waals surface area contributed by atoms with Crippen molar-refractivity contribution in [3.8, 4) is 17.3 Å². The van der Waals surface area contributed by atoms with E-state index >= 15 is 0 Å². The van der Waals surface area contributed by atoms with Crippen LogP contribution < -0.4 is 0 Å². The molecule has 4 rings (SSSR count). The number of halogens is 2. The Morgan fingerprint density at radius 2 is 1.81 bits per heavy atom. The van der Waals surface area contributed by atoms with Gasteiger partial charge in [-0.3, -0.25) is 4.57 Å². The number of aromatic nitrogens is 3. The normalized spacial score (nSPS) is 11.0.